The number of carbonyl (C=O) groups excluding carboxylic acids is 2. The van der Waals surface area contributed by atoms with Crippen LogP contribution in [-0.4, -0.2) is 31.3 Å². The molecule has 166 valence electrons. The molecule has 1 atom stereocenters. The quantitative estimate of drug-likeness (QED) is 0.423. The Morgan fingerprint density at radius 2 is 1.47 bits per heavy atom. The smallest absolute Gasteiger partial charge is 0.263 e. The maximum atomic E-state index is 12.9. The van der Waals surface area contributed by atoms with Gasteiger partial charge in [-0.3, -0.25) is 9.59 Å². The zero-order chi connectivity index (χ0) is 22.9. The second-order valence-corrected chi connectivity index (χ2v) is 8.17. The minimum absolute atomic E-state index is 0.0584. The van der Waals surface area contributed by atoms with Crippen LogP contribution in [0.2, 0.25) is 0 Å². The topological polar surface area (TPSA) is 76.7 Å². The van der Waals surface area contributed by atoms with Crippen LogP contribution in [0.1, 0.15) is 23.7 Å². The summed E-state index contributed by atoms with van der Waals surface area (Å²) in [4.78, 5) is 26.5. The lowest BCUT2D eigenvalue weighted by atomic mass is 10.1. The van der Waals surface area contributed by atoms with Crippen LogP contribution in [0, 0.1) is 0 Å². The molecule has 0 aliphatic heterocycles. The average molecular weight is 451 g/mol. The molecule has 3 aromatic carbocycles. The van der Waals surface area contributed by atoms with Crippen molar-refractivity contribution in [2.45, 2.75) is 23.5 Å². The fourth-order valence-corrected chi connectivity index (χ4v) is 4.16. The molecule has 0 saturated carbocycles. The molecule has 2 N–H and O–H groups in total. The summed E-state index contributed by atoms with van der Waals surface area (Å²) in [7, 11) is 3.02. The summed E-state index contributed by atoms with van der Waals surface area (Å²) in [6, 6.07) is 22.0. The lowest BCUT2D eigenvalue weighted by molar-refractivity contribution is -0.115. The number of amides is 2. The van der Waals surface area contributed by atoms with E-state index in [2.05, 4.69) is 10.6 Å². The monoisotopic (exact) mass is 450 g/mol. The van der Waals surface area contributed by atoms with Crippen molar-refractivity contribution in [2.75, 3.05) is 24.9 Å². The first-order valence-electron chi connectivity index (χ1n) is 10.2. The van der Waals surface area contributed by atoms with Crippen molar-refractivity contribution >= 4 is 35.0 Å². The van der Waals surface area contributed by atoms with Crippen LogP contribution < -0.4 is 20.1 Å². The molecule has 0 spiro atoms. The first-order valence-corrected chi connectivity index (χ1v) is 11.1. The predicted molar refractivity (Wildman–Crippen MR) is 129 cm³/mol. The van der Waals surface area contributed by atoms with Crippen LogP contribution >= 0.6 is 11.8 Å². The van der Waals surface area contributed by atoms with Gasteiger partial charge in [-0.05, 0) is 48.9 Å². The van der Waals surface area contributed by atoms with E-state index in [0.29, 0.717) is 29.2 Å². The number of hydrogen-bond acceptors (Lipinski definition) is 5. The van der Waals surface area contributed by atoms with Crippen LogP contribution in [0.4, 0.5) is 11.4 Å². The molecular weight excluding hydrogens is 424 g/mol. The normalized spacial score (nSPS) is 11.3. The summed E-state index contributed by atoms with van der Waals surface area (Å²) in [5, 5.41) is 5.58. The molecule has 0 fully saturated rings. The van der Waals surface area contributed by atoms with Gasteiger partial charge in [0.05, 0.1) is 19.5 Å². The minimum atomic E-state index is -0.338. The third kappa shape index (κ3) is 5.82. The van der Waals surface area contributed by atoms with E-state index in [1.165, 1.54) is 26.0 Å². The van der Waals surface area contributed by atoms with E-state index >= 15 is 0 Å². The minimum Gasteiger partial charge on any atom is -0.496 e. The van der Waals surface area contributed by atoms with Gasteiger partial charge in [-0.1, -0.05) is 37.3 Å². The van der Waals surface area contributed by atoms with E-state index in [9.17, 15) is 9.59 Å². The molecule has 7 heteroatoms. The van der Waals surface area contributed by atoms with Crippen molar-refractivity contribution in [1.29, 1.82) is 0 Å². The second kappa shape index (κ2) is 11.2. The highest BCUT2D eigenvalue weighted by atomic mass is 32.2. The van der Waals surface area contributed by atoms with Crippen LogP contribution in [0.15, 0.2) is 77.7 Å². The highest BCUT2D eigenvalue weighted by Crippen LogP contribution is 2.31. The molecule has 0 bridgehead atoms. The molecule has 0 aliphatic carbocycles. The molecule has 0 radical (unpaired) electrons. The number of benzene rings is 3. The molecule has 3 aromatic rings. The molecule has 3 rings (SSSR count). The van der Waals surface area contributed by atoms with Crippen molar-refractivity contribution < 1.29 is 19.1 Å². The van der Waals surface area contributed by atoms with Crippen molar-refractivity contribution in [3.8, 4) is 11.5 Å². The fourth-order valence-electron chi connectivity index (χ4n) is 3.15. The number of ether oxygens (including phenoxy) is 2. The predicted octanol–water partition coefficient (Wildman–Crippen LogP) is 5.47. The van der Waals surface area contributed by atoms with E-state index in [-0.39, 0.29) is 17.1 Å². The number of para-hydroxylation sites is 1. The highest BCUT2D eigenvalue weighted by molar-refractivity contribution is 8.00. The largest absolute Gasteiger partial charge is 0.496 e. The summed E-state index contributed by atoms with van der Waals surface area (Å²) in [5.74, 6) is 0.458. The van der Waals surface area contributed by atoms with Crippen molar-refractivity contribution in [2.24, 2.45) is 0 Å². The number of anilines is 2. The Morgan fingerprint density at radius 3 is 2.09 bits per heavy atom. The molecule has 32 heavy (non-hydrogen) atoms. The summed E-state index contributed by atoms with van der Waals surface area (Å²) in [5.41, 5.74) is 1.71. The number of nitrogens with one attached hydrogen (secondary N) is 2. The van der Waals surface area contributed by atoms with Gasteiger partial charge in [0.2, 0.25) is 5.91 Å². The van der Waals surface area contributed by atoms with E-state index in [0.717, 1.165) is 10.6 Å². The van der Waals surface area contributed by atoms with Gasteiger partial charge >= 0.3 is 0 Å². The van der Waals surface area contributed by atoms with E-state index in [1.807, 2.05) is 55.5 Å². The standard InChI is InChI=1S/C25H26N2O4S/c1-4-22(24(28)26-17-10-6-5-7-11-17)32-19-13-8-12-18(16-19)27-25(29)23-20(30-2)14-9-15-21(23)31-3/h5-16,22H,4H2,1-3H3,(H,26,28)(H,27,29). The zero-order valence-corrected chi connectivity index (χ0v) is 19.1. The van der Waals surface area contributed by atoms with Gasteiger partial charge in [0.25, 0.3) is 5.91 Å². The molecule has 0 aromatic heterocycles. The van der Waals surface area contributed by atoms with E-state index in [1.54, 1.807) is 24.3 Å². The Kier molecular flexibility index (Phi) is 8.16. The zero-order valence-electron chi connectivity index (χ0n) is 18.3. The SMILES string of the molecule is CCC(Sc1cccc(NC(=O)c2c(OC)cccc2OC)c1)C(=O)Nc1ccccc1. The summed E-state index contributed by atoms with van der Waals surface area (Å²) < 4.78 is 10.6. The van der Waals surface area contributed by atoms with Crippen molar-refractivity contribution in [3.05, 3.63) is 78.4 Å². The third-order valence-corrected chi connectivity index (χ3v) is 6.09. The Balaban J connectivity index is 1.72. The van der Waals surface area contributed by atoms with Crippen molar-refractivity contribution in [3.63, 3.8) is 0 Å². The lowest BCUT2D eigenvalue weighted by Crippen LogP contribution is -2.24. The van der Waals surface area contributed by atoms with Crippen molar-refractivity contribution in [1.82, 2.24) is 0 Å². The van der Waals surface area contributed by atoms with Crippen LogP contribution in [0.3, 0.4) is 0 Å². The highest BCUT2D eigenvalue weighted by Gasteiger charge is 2.20. The maximum Gasteiger partial charge on any atom is 0.263 e. The summed E-state index contributed by atoms with van der Waals surface area (Å²) in [6.45, 7) is 1.97. The van der Waals surface area contributed by atoms with Crippen LogP contribution in [0.5, 0.6) is 11.5 Å². The van der Waals surface area contributed by atoms with Gasteiger partial charge in [-0.25, -0.2) is 0 Å². The van der Waals surface area contributed by atoms with Crippen LogP contribution in [0.25, 0.3) is 0 Å². The first kappa shape index (κ1) is 23.2. The Morgan fingerprint density at radius 1 is 0.844 bits per heavy atom. The molecule has 0 aliphatic rings. The van der Waals surface area contributed by atoms with Gasteiger partial charge in [0.1, 0.15) is 17.1 Å². The number of rotatable bonds is 9. The number of methoxy groups -OCH3 is 2. The second-order valence-electron chi connectivity index (χ2n) is 6.89. The van der Waals surface area contributed by atoms with Gasteiger partial charge in [0.15, 0.2) is 0 Å². The van der Waals surface area contributed by atoms with Gasteiger partial charge in [-0.15, -0.1) is 11.8 Å². The fraction of sp³-hybridized carbons (Fsp3) is 0.200. The lowest BCUT2D eigenvalue weighted by Gasteiger charge is -2.16. The Bertz CT molecular complexity index is 1050. The third-order valence-electron chi connectivity index (χ3n) is 4.73. The molecule has 0 heterocycles. The molecule has 1 unspecified atom stereocenters. The number of hydrogen-bond donors (Lipinski definition) is 2. The average Bonchev–Trinajstić information content (AvgIpc) is 2.82. The Labute approximate surface area is 192 Å². The molecular formula is C25H26N2O4S. The molecule has 0 saturated heterocycles. The van der Waals surface area contributed by atoms with E-state index < -0.39 is 0 Å². The molecule has 6 nitrogen and oxygen atoms in total. The first-order chi connectivity index (χ1) is 15.5. The molecule has 2 amide bonds. The van der Waals surface area contributed by atoms with Gasteiger partial charge in [0, 0.05) is 16.3 Å². The van der Waals surface area contributed by atoms with Gasteiger partial charge < -0.3 is 20.1 Å². The van der Waals surface area contributed by atoms with Gasteiger partial charge in [-0.2, -0.15) is 0 Å². The summed E-state index contributed by atoms with van der Waals surface area (Å²) in [6.07, 6.45) is 0.665. The number of thioether (sulfide) groups is 1. The Hall–Kier alpha value is -3.45. The maximum absolute atomic E-state index is 12.9. The van der Waals surface area contributed by atoms with Crippen LogP contribution in [-0.2, 0) is 4.79 Å². The number of carbonyl (C=O) groups is 2. The summed E-state index contributed by atoms with van der Waals surface area (Å²) >= 11 is 1.46. The van der Waals surface area contributed by atoms with E-state index in [4.69, 9.17) is 9.47 Å².